The predicted octanol–water partition coefficient (Wildman–Crippen LogP) is 1.34. The molecule has 2 aliphatic rings. The molecule has 5 heteroatoms. The second-order valence-corrected chi connectivity index (χ2v) is 6.62. The molecule has 0 aromatic heterocycles. The molecule has 2 heterocycles. The molecule has 0 aromatic rings. The predicted molar refractivity (Wildman–Crippen MR) is 75.2 cm³/mol. The van der Waals surface area contributed by atoms with Crippen molar-refractivity contribution in [2.75, 3.05) is 26.2 Å². The molecular formula is C14H27N3O2. The van der Waals surface area contributed by atoms with Gasteiger partial charge in [-0.15, -0.1) is 0 Å². The molecule has 2 rings (SSSR count). The summed E-state index contributed by atoms with van der Waals surface area (Å²) in [6.45, 7) is 9.47. The maximum atomic E-state index is 12.0. The third-order valence-corrected chi connectivity index (χ3v) is 3.61. The molecule has 2 aliphatic heterocycles. The van der Waals surface area contributed by atoms with Crippen LogP contribution >= 0.6 is 0 Å². The number of carbonyl (C=O) groups excluding carboxylic acids is 1. The summed E-state index contributed by atoms with van der Waals surface area (Å²) >= 11 is 0. The Bertz CT molecular complexity index is 308. The molecule has 2 N–H and O–H groups in total. The molecule has 0 saturated carbocycles. The van der Waals surface area contributed by atoms with E-state index in [1.807, 2.05) is 25.7 Å². The normalized spacial score (nSPS) is 28.5. The van der Waals surface area contributed by atoms with Crippen molar-refractivity contribution in [1.82, 2.24) is 15.5 Å². The van der Waals surface area contributed by atoms with Crippen LogP contribution in [0.25, 0.3) is 0 Å². The van der Waals surface area contributed by atoms with Crippen LogP contribution in [0.15, 0.2) is 0 Å². The second kappa shape index (κ2) is 6.09. The number of hydrogen-bond donors (Lipinski definition) is 2. The number of hydrogen-bond acceptors (Lipinski definition) is 4. The fraction of sp³-hybridized carbons (Fsp3) is 0.929. The highest BCUT2D eigenvalue weighted by Gasteiger charge is 2.30. The van der Waals surface area contributed by atoms with Crippen LogP contribution < -0.4 is 10.6 Å². The summed E-state index contributed by atoms with van der Waals surface area (Å²) in [5, 5.41) is 7.06. The molecule has 110 valence electrons. The van der Waals surface area contributed by atoms with Crippen LogP contribution in [-0.2, 0) is 4.74 Å². The molecular weight excluding hydrogens is 242 g/mol. The van der Waals surface area contributed by atoms with Gasteiger partial charge in [-0.05, 0) is 46.6 Å². The SMILES string of the molecule is CC(C)(C)OC(=O)N1CCC(NC2CCCNC2)C1. The van der Waals surface area contributed by atoms with Gasteiger partial charge >= 0.3 is 6.09 Å². The highest BCUT2D eigenvalue weighted by Crippen LogP contribution is 2.16. The monoisotopic (exact) mass is 269 g/mol. The Kier molecular flexibility index (Phi) is 4.68. The molecule has 0 spiro atoms. The van der Waals surface area contributed by atoms with E-state index >= 15 is 0 Å². The largest absolute Gasteiger partial charge is 0.444 e. The smallest absolute Gasteiger partial charge is 0.410 e. The molecule has 2 fully saturated rings. The van der Waals surface area contributed by atoms with Crippen molar-refractivity contribution in [3.05, 3.63) is 0 Å². The van der Waals surface area contributed by atoms with Gasteiger partial charge in [-0.1, -0.05) is 0 Å². The van der Waals surface area contributed by atoms with Gasteiger partial charge in [0.2, 0.25) is 0 Å². The fourth-order valence-electron chi connectivity index (χ4n) is 2.72. The van der Waals surface area contributed by atoms with Gasteiger partial charge in [0.25, 0.3) is 0 Å². The lowest BCUT2D eigenvalue weighted by Gasteiger charge is -2.27. The zero-order valence-corrected chi connectivity index (χ0v) is 12.4. The van der Waals surface area contributed by atoms with Gasteiger partial charge in [0.05, 0.1) is 0 Å². The lowest BCUT2D eigenvalue weighted by atomic mass is 10.1. The Labute approximate surface area is 116 Å². The topological polar surface area (TPSA) is 53.6 Å². The average molecular weight is 269 g/mol. The van der Waals surface area contributed by atoms with Crippen LogP contribution in [0.3, 0.4) is 0 Å². The summed E-state index contributed by atoms with van der Waals surface area (Å²) < 4.78 is 5.41. The first-order valence-corrected chi connectivity index (χ1v) is 7.39. The van der Waals surface area contributed by atoms with E-state index in [1.54, 1.807) is 0 Å². The third kappa shape index (κ3) is 4.66. The number of piperidine rings is 1. The first-order valence-electron chi connectivity index (χ1n) is 7.39. The number of ether oxygens (including phenoxy) is 1. The molecule has 0 bridgehead atoms. The lowest BCUT2D eigenvalue weighted by Crippen LogP contribution is -2.48. The van der Waals surface area contributed by atoms with Gasteiger partial charge < -0.3 is 20.3 Å². The van der Waals surface area contributed by atoms with E-state index < -0.39 is 5.60 Å². The van der Waals surface area contributed by atoms with Gasteiger partial charge in [0, 0.05) is 31.7 Å². The molecule has 1 amide bonds. The van der Waals surface area contributed by atoms with E-state index in [-0.39, 0.29) is 6.09 Å². The highest BCUT2D eigenvalue weighted by molar-refractivity contribution is 5.68. The summed E-state index contributed by atoms with van der Waals surface area (Å²) in [5.74, 6) is 0. The second-order valence-electron chi connectivity index (χ2n) is 6.62. The number of likely N-dealkylation sites (tertiary alicyclic amines) is 1. The fourth-order valence-corrected chi connectivity index (χ4v) is 2.72. The zero-order valence-electron chi connectivity index (χ0n) is 12.4. The molecule has 0 aliphatic carbocycles. The van der Waals surface area contributed by atoms with Crippen LogP contribution in [0.5, 0.6) is 0 Å². The highest BCUT2D eigenvalue weighted by atomic mass is 16.6. The van der Waals surface area contributed by atoms with Gasteiger partial charge in [0.15, 0.2) is 0 Å². The summed E-state index contributed by atoms with van der Waals surface area (Å²) in [6, 6.07) is 0.967. The zero-order chi connectivity index (χ0) is 13.9. The first-order chi connectivity index (χ1) is 8.94. The van der Waals surface area contributed by atoms with Crippen molar-refractivity contribution < 1.29 is 9.53 Å². The van der Waals surface area contributed by atoms with E-state index in [9.17, 15) is 4.79 Å². The van der Waals surface area contributed by atoms with Gasteiger partial charge in [-0.3, -0.25) is 0 Å². The van der Waals surface area contributed by atoms with Crippen molar-refractivity contribution in [3.63, 3.8) is 0 Å². The summed E-state index contributed by atoms with van der Waals surface area (Å²) in [4.78, 5) is 13.8. The van der Waals surface area contributed by atoms with Crippen LogP contribution in [0.2, 0.25) is 0 Å². The van der Waals surface area contributed by atoms with Gasteiger partial charge in [-0.2, -0.15) is 0 Å². The van der Waals surface area contributed by atoms with Crippen molar-refractivity contribution in [2.45, 2.75) is 57.7 Å². The van der Waals surface area contributed by atoms with Crippen LogP contribution in [0.4, 0.5) is 4.79 Å². The standard InChI is InChI=1S/C14H27N3O2/c1-14(2,3)19-13(18)17-8-6-12(10-17)16-11-5-4-7-15-9-11/h11-12,15-16H,4-10H2,1-3H3. The van der Waals surface area contributed by atoms with Gasteiger partial charge in [0.1, 0.15) is 5.60 Å². The third-order valence-electron chi connectivity index (χ3n) is 3.61. The number of carbonyl (C=O) groups is 1. The van der Waals surface area contributed by atoms with E-state index in [2.05, 4.69) is 10.6 Å². The van der Waals surface area contributed by atoms with Crippen molar-refractivity contribution in [1.29, 1.82) is 0 Å². The number of nitrogens with one attached hydrogen (secondary N) is 2. The first kappa shape index (κ1) is 14.6. The van der Waals surface area contributed by atoms with Crippen molar-refractivity contribution in [2.24, 2.45) is 0 Å². The molecule has 2 atom stereocenters. The minimum Gasteiger partial charge on any atom is -0.444 e. The minimum absolute atomic E-state index is 0.182. The Balaban J connectivity index is 1.74. The maximum absolute atomic E-state index is 12.0. The molecule has 19 heavy (non-hydrogen) atoms. The summed E-state index contributed by atoms with van der Waals surface area (Å²) in [5.41, 5.74) is -0.407. The summed E-state index contributed by atoms with van der Waals surface area (Å²) in [7, 11) is 0. The van der Waals surface area contributed by atoms with Crippen molar-refractivity contribution >= 4 is 6.09 Å². The van der Waals surface area contributed by atoms with E-state index in [1.165, 1.54) is 12.8 Å². The van der Waals surface area contributed by atoms with Crippen molar-refractivity contribution in [3.8, 4) is 0 Å². The Morgan fingerprint density at radius 1 is 1.32 bits per heavy atom. The Morgan fingerprint density at radius 3 is 2.74 bits per heavy atom. The molecule has 0 aromatic carbocycles. The quantitative estimate of drug-likeness (QED) is 0.794. The van der Waals surface area contributed by atoms with Gasteiger partial charge in [-0.25, -0.2) is 4.79 Å². The van der Waals surface area contributed by atoms with Crippen LogP contribution in [0, 0.1) is 0 Å². The molecule has 5 nitrogen and oxygen atoms in total. The number of nitrogens with zero attached hydrogens (tertiary/aromatic N) is 1. The lowest BCUT2D eigenvalue weighted by molar-refractivity contribution is 0.0290. The maximum Gasteiger partial charge on any atom is 0.410 e. The van der Waals surface area contributed by atoms with Crippen LogP contribution in [0.1, 0.15) is 40.0 Å². The molecule has 2 unspecified atom stereocenters. The number of rotatable bonds is 2. The average Bonchev–Trinajstić information content (AvgIpc) is 2.77. The minimum atomic E-state index is -0.407. The van der Waals surface area contributed by atoms with E-state index in [4.69, 9.17) is 4.74 Å². The summed E-state index contributed by atoms with van der Waals surface area (Å²) in [6.07, 6.45) is 3.31. The Hall–Kier alpha value is -0.810. The van der Waals surface area contributed by atoms with E-state index in [0.717, 1.165) is 32.6 Å². The number of amides is 1. The molecule has 2 saturated heterocycles. The van der Waals surface area contributed by atoms with E-state index in [0.29, 0.717) is 12.1 Å². The van der Waals surface area contributed by atoms with Crippen LogP contribution in [-0.4, -0.2) is 54.9 Å². The Morgan fingerprint density at radius 2 is 2.11 bits per heavy atom. The molecule has 0 radical (unpaired) electrons.